The van der Waals surface area contributed by atoms with E-state index in [0.29, 0.717) is 31.0 Å². The van der Waals surface area contributed by atoms with E-state index in [1.54, 1.807) is 26.0 Å². The molecule has 6 nitrogen and oxygen atoms in total. The fourth-order valence-electron chi connectivity index (χ4n) is 3.09. The van der Waals surface area contributed by atoms with Gasteiger partial charge in [0.2, 0.25) is 0 Å². The lowest BCUT2D eigenvalue weighted by Gasteiger charge is -2.37. The Kier molecular flexibility index (Phi) is 6.44. The molecule has 2 unspecified atom stereocenters. The monoisotopic (exact) mass is 355 g/mol. The fourth-order valence-corrected chi connectivity index (χ4v) is 4.66. The van der Waals surface area contributed by atoms with Gasteiger partial charge in [-0.3, -0.25) is 4.57 Å². The van der Waals surface area contributed by atoms with Crippen molar-refractivity contribution in [1.82, 2.24) is 4.90 Å². The van der Waals surface area contributed by atoms with E-state index in [1.807, 2.05) is 12.1 Å². The Hall–Kier alpha value is -1.36. The molecule has 1 aromatic carbocycles. The molecule has 0 spiro atoms. The molecule has 0 radical (unpaired) electrons. The van der Waals surface area contributed by atoms with E-state index >= 15 is 0 Å². The molecule has 0 aliphatic carbocycles. The molecule has 1 aliphatic rings. The smallest absolute Gasteiger partial charge is 0.407 e. The van der Waals surface area contributed by atoms with Crippen LogP contribution < -0.4 is 5.30 Å². The van der Waals surface area contributed by atoms with Gasteiger partial charge < -0.3 is 19.1 Å². The van der Waals surface area contributed by atoms with E-state index in [4.69, 9.17) is 9.05 Å². The topological polar surface area (TPSA) is 76.1 Å². The number of nitrogens with zero attached hydrogens (tertiary/aromatic N) is 1. The summed E-state index contributed by atoms with van der Waals surface area (Å²) in [6.07, 6.45) is 0.774. The molecule has 7 heteroatoms. The van der Waals surface area contributed by atoms with E-state index in [2.05, 4.69) is 6.92 Å². The van der Waals surface area contributed by atoms with Crippen LogP contribution in [0.5, 0.6) is 0 Å². The summed E-state index contributed by atoms with van der Waals surface area (Å²) in [5.74, 6) is 0.475. The minimum absolute atomic E-state index is 0.168. The van der Waals surface area contributed by atoms with Gasteiger partial charge in [-0.2, -0.15) is 0 Å². The van der Waals surface area contributed by atoms with Crippen LogP contribution in [0.1, 0.15) is 45.2 Å². The van der Waals surface area contributed by atoms with Crippen LogP contribution in [0, 0.1) is 5.92 Å². The van der Waals surface area contributed by atoms with Crippen LogP contribution >= 0.6 is 7.60 Å². The van der Waals surface area contributed by atoms with Crippen molar-refractivity contribution in [2.45, 2.75) is 39.7 Å². The van der Waals surface area contributed by atoms with Crippen molar-refractivity contribution < 1.29 is 23.5 Å². The number of likely N-dealkylation sites (tertiary alicyclic amines) is 1. The maximum atomic E-state index is 12.8. The zero-order valence-corrected chi connectivity index (χ0v) is 15.4. The van der Waals surface area contributed by atoms with Gasteiger partial charge in [-0.1, -0.05) is 19.1 Å². The van der Waals surface area contributed by atoms with E-state index in [9.17, 15) is 14.5 Å². The predicted octanol–water partition coefficient (Wildman–Crippen LogP) is 4.03. The highest BCUT2D eigenvalue weighted by atomic mass is 31.2. The van der Waals surface area contributed by atoms with Crippen molar-refractivity contribution in [3.63, 3.8) is 0 Å². The molecule has 1 fully saturated rings. The molecule has 1 saturated heterocycles. The van der Waals surface area contributed by atoms with Crippen molar-refractivity contribution >= 4 is 19.0 Å². The van der Waals surface area contributed by atoms with Gasteiger partial charge in [-0.25, -0.2) is 4.79 Å². The number of benzene rings is 1. The molecule has 1 aliphatic heterocycles. The lowest BCUT2D eigenvalue weighted by Crippen LogP contribution is -2.39. The summed E-state index contributed by atoms with van der Waals surface area (Å²) >= 11 is 0. The Morgan fingerprint density at radius 2 is 1.83 bits per heavy atom. The number of rotatable bonds is 6. The molecule has 0 saturated carbocycles. The van der Waals surface area contributed by atoms with Crippen molar-refractivity contribution in [3.8, 4) is 0 Å². The summed E-state index contributed by atoms with van der Waals surface area (Å²) in [6, 6.07) is 6.94. The summed E-state index contributed by atoms with van der Waals surface area (Å²) in [5, 5.41) is 9.92. The Bertz CT molecular complexity index is 594. The van der Waals surface area contributed by atoms with Gasteiger partial charge in [-0.05, 0) is 50.3 Å². The van der Waals surface area contributed by atoms with E-state index in [-0.39, 0.29) is 6.04 Å². The first-order chi connectivity index (χ1) is 11.4. The van der Waals surface area contributed by atoms with Gasteiger partial charge in [0.05, 0.1) is 24.6 Å². The molecular formula is C17H26NO5P. The standard InChI is InChI=1S/C17H26NO5P/c1-4-22-24(21,23-5-2)15-8-6-14(7-9-15)16-12-13(3)10-11-18(16)17(19)20/h6-9,13,16H,4-5,10-12H2,1-3H3,(H,19,20). The Balaban J connectivity index is 2.26. The van der Waals surface area contributed by atoms with Crippen LogP contribution in [0.4, 0.5) is 4.79 Å². The minimum atomic E-state index is -3.31. The Morgan fingerprint density at radius 3 is 2.33 bits per heavy atom. The molecular weight excluding hydrogens is 329 g/mol. The van der Waals surface area contributed by atoms with Crippen molar-refractivity contribution in [2.24, 2.45) is 5.92 Å². The molecule has 0 bridgehead atoms. The predicted molar refractivity (Wildman–Crippen MR) is 92.8 cm³/mol. The number of carboxylic acid groups (broad SMARTS) is 1. The van der Waals surface area contributed by atoms with Gasteiger partial charge in [0.15, 0.2) is 0 Å². The number of hydrogen-bond acceptors (Lipinski definition) is 4. The quantitative estimate of drug-likeness (QED) is 0.780. The Labute approximate surface area is 143 Å². The van der Waals surface area contributed by atoms with Crippen molar-refractivity contribution in [3.05, 3.63) is 29.8 Å². The maximum Gasteiger partial charge on any atom is 0.407 e. The fraction of sp³-hybridized carbons (Fsp3) is 0.588. The van der Waals surface area contributed by atoms with E-state index < -0.39 is 13.7 Å². The van der Waals surface area contributed by atoms with Gasteiger partial charge >= 0.3 is 13.7 Å². The van der Waals surface area contributed by atoms with Crippen molar-refractivity contribution in [1.29, 1.82) is 0 Å². The van der Waals surface area contributed by atoms with Crippen LogP contribution in [0.3, 0.4) is 0 Å². The zero-order valence-electron chi connectivity index (χ0n) is 14.5. The lowest BCUT2D eigenvalue weighted by molar-refractivity contribution is 0.0927. The van der Waals surface area contributed by atoms with Crippen molar-refractivity contribution in [2.75, 3.05) is 19.8 Å². The average molecular weight is 355 g/mol. The zero-order chi connectivity index (χ0) is 17.7. The number of amides is 1. The molecule has 1 amide bonds. The van der Waals surface area contributed by atoms with E-state index in [0.717, 1.165) is 18.4 Å². The third-order valence-electron chi connectivity index (χ3n) is 4.30. The van der Waals surface area contributed by atoms with Crippen LogP contribution in [0.15, 0.2) is 24.3 Å². The number of carbonyl (C=O) groups is 1. The summed E-state index contributed by atoms with van der Waals surface area (Å²) in [4.78, 5) is 13.0. The SMILES string of the molecule is CCOP(=O)(OCC)c1ccc(C2CC(C)CCN2C(=O)O)cc1. The molecule has 0 aromatic heterocycles. The van der Waals surface area contributed by atoms with E-state index in [1.165, 1.54) is 4.90 Å². The van der Waals surface area contributed by atoms with Gasteiger partial charge in [0.1, 0.15) is 0 Å². The van der Waals surface area contributed by atoms with Gasteiger partial charge in [0, 0.05) is 6.54 Å². The number of piperidine rings is 1. The van der Waals surface area contributed by atoms with Gasteiger partial charge in [-0.15, -0.1) is 0 Å². The first-order valence-electron chi connectivity index (χ1n) is 8.40. The lowest BCUT2D eigenvalue weighted by atomic mass is 9.88. The first-order valence-corrected chi connectivity index (χ1v) is 9.94. The first kappa shape index (κ1) is 19.0. The molecule has 1 N–H and O–H groups in total. The molecule has 134 valence electrons. The van der Waals surface area contributed by atoms with Gasteiger partial charge in [0.25, 0.3) is 0 Å². The average Bonchev–Trinajstić information content (AvgIpc) is 2.55. The third-order valence-corrected chi connectivity index (χ3v) is 6.43. The summed E-state index contributed by atoms with van der Waals surface area (Å²) in [5.41, 5.74) is 0.909. The van der Waals surface area contributed by atoms with Crippen LogP contribution in [0.25, 0.3) is 0 Å². The summed E-state index contributed by atoms with van der Waals surface area (Å²) in [6.45, 7) is 6.82. The largest absolute Gasteiger partial charge is 0.465 e. The highest BCUT2D eigenvalue weighted by molar-refractivity contribution is 7.62. The van der Waals surface area contributed by atoms with Crippen LogP contribution in [-0.2, 0) is 13.6 Å². The minimum Gasteiger partial charge on any atom is -0.465 e. The summed E-state index contributed by atoms with van der Waals surface area (Å²) in [7, 11) is -3.31. The summed E-state index contributed by atoms with van der Waals surface area (Å²) < 4.78 is 23.5. The molecule has 1 aromatic rings. The Morgan fingerprint density at radius 1 is 1.25 bits per heavy atom. The van der Waals surface area contributed by atoms with Crippen LogP contribution in [-0.4, -0.2) is 35.9 Å². The molecule has 24 heavy (non-hydrogen) atoms. The molecule has 1 heterocycles. The second-order valence-electron chi connectivity index (χ2n) is 6.05. The maximum absolute atomic E-state index is 12.8. The normalized spacial score (nSPS) is 21.7. The highest BCUT2D eigenvalue weighted by Gasteiger charge is 2.32. The number of hydrogen-bond donors (Lipinski definition) is 1. The second-order valence-corrected chi connectivity index (χ2v) is 8.07. The molecule has 2 atom stereocenters. The van der Waals surface area contributed by atoms with Crippen LogP contribution in [0.2, 0.25) is 0 Å². The third kappa shape index (κ3) is 4.18. The molecule has 2 rings (SSSR count). The second kappa shape index (κ2) is 8.15. The highest BCUT2D eigenvalue weighted by Crippen LogP contribution is 2.47.